The van der Waals surface area contributed by atoms with Crippen LogP contribution in [0, 0.1) is 5.82 Å². The molecular weight excluding hydrogens is 522 g/mol. The molecule has 0 amide bonds. The van der Waals surface area contributed by atoms with Gasteiger partial charge in [0.05, 0.1) is 19.4 Å². The fourth-order valence-corrected chi connectivity index (χ4v) is 5.23. The first kappa shape index (κ1) is 32.5. The topological polar surface area (TPSA) is 157 Å². The lowest BCUT2D eigenvalue weighted by molar-refractivity contribution is -0.146. The minimum absolute atomic E-state index is 0.00348. The molecule has 218 valence electrons. The molecule has 38 heavy (non-hydrogen) atoms. The zero-order valence-electron chi connectivity index (χ0n) is 22.4. The van der Waals surface area contributed by atoms with E-state index in [-0.39, 0.29) is 13.0 Å². The number of ether oxygens (including phenoxy) is 1. The van der Waals surface area contributed by atoms with Crippen molar-refractivity contribution in [3.05, 3.63) is 32.9 Å². The van der Waals surface area contributed by atoms with Gasteiger partial charge < -0.3 is 14.7 Å². The predicted octanol–water partition coefficient (Wildman–Crippen LogP) is 4.12. The van der Waals surface area contributed by atoms with Crippen LogP contribution in [-0.4, -0.2) is 50.3 Å². The molecule has 0 bridgehead atoms. The van der Waals surface area contributed by atoms with Crippen molar-refractivity contribution in [1.29, 1.82) is 0 Å². The first-order valence-corrected chi connectivity index (χ1v) is 15.1. The van der Waals surface area contributed by atoms with Gasteiger partial charge in [0.2, 0.25) is 5.82 Å². The van der Waals surface area contributed by atoms with E-state index in [0.29, 0.717) is 23.6 Å². The maximum atomic E-state index is 13.8. The quantitative estimate of drug-likeness (QED) is 0.166. The molecule has 1 aromatic rings. The lowest BCUT2D eigenvalue weighted by Gasteiger charge is -2.27. The molecule has 2 rings (SSSR count). The van der Waals surface area contributed by atoms with Crippen LogP contribution < -0.4 is 11.2 Å². The van der Waals surface area contributed by atoms with Crippen LogP contribution in [0.1, 0.15) is 104 Å². The summed E-state index contributed by atoms with van der Waals surface area (Å²) in [6, 6.07) is 0. The third-order valence-electron chi connectivity index (χ3n) is 6.68. The summed E-state index contributed by atoms with van der Waals surface area (Å²) in [6.07, 6.45) is 8.75. The highest BCUT2D eigenvalue weighted by Gasteiger charge is 2.53. The average Bonchev–Trinajstić information content (AvgIpc) is 3.21. The second kappa shape index (κ2) is 15.8. The van der Waals surface area contributed by atoms with Crippen LogP contribution in [0.25, 0.3) is 0 Å². The minimum Gasteiger partial charge on any atom is -0.379 e. The van der Waals surface area contributed by atoms with E-state index < -0.39 is 61.6 Å². The van der Waals surface area contributed by atoms with E-state index in [4.69, 9.17) is 13.8 Å². The van der Waals surface area contributed by atoms with E-state index in [1.807, 2.05) is 0 Å². The Bertz CT molecular complexity index is 1050. The molecule has 1 aliphatic heterocycles. The highest BCUT2D eigenvalue weighted by atomic mass is 31.2. The van der Waals surface area contributed by atoms with Gasteiger partial charge in [-0.1, -0.05) is 71.6 Å². The molecule has 1 aromatic heterocycles. The van der Waals surface area contributed by atoms with Crippen LogP contribution in [0.15, 0.2) is 15.8 Å². The van der Waals surface area contributed by atoms with Crippen LogP contribution in [0.3, 0.4) is 0 Å². The van der Waals surface area contributed by atoms with Crippen molar-refractivity contribution in [2.24, 2.45) is 0 Å². The molecule has 3 N–H and O–H groups in total. The lowest BCUT2D eigenvalue weighted by Crippen LogP contribution is -2.48. The molecule has 0 aromatic carbocycles. The first-order valence-electron chi connectivity index (χ1n) is 13.6. The summed E-state index contributed by atoms with van der Waals surface area (Å²) in [4.78, 5) is 48.0. The highest BCUT2D eigenvalue weighted by molar-refractivity contribution is 7.47. The Labute approximate surface area is 222 Å². The average molecular weight is 565 g/mol. The number of phosphoric acid groups is 1. The van der Waals surface area contributed by atoms with Crippen LogP contribution in [-0.2, 0) is 23.1 Å². The van der Waals surface area contributed by atoms with E-state index in [9.17, 15) is 33.3 Å². The third kappa shape index (κ3) is 9.81. The Morgan fingerprint density at radius 1 is 1.11 bits per heavy atom. The number of H-pyrrole nitrogens is 1. The molecule has 11 nitrogen and oxygen atoms in total. The van der Waals surface area contributed by atoms with Gasteiger partial charge in [0.1, 0.15) is 12.3 Å². The van der Waals surface area contributed by atoms with E-state index >= 15 is 0 Å². The number of aromatic amines is 1. The summed E-state index contributed by atoms with van der Waals surface area (Å²) in [6.45, 7) is 3.23. The van der Waals surface area contributed by atoms with Crippen molar-refractivity contribution in [2.75, 3.05) is 13.2 Å². The van der Waals surface area contributed by atoms with Gasteiger partial charge >= 0.3 is 13.5 Å². The van der Waals surface area contributed by atoms with Gasteiger partial charge in [-0.05, 0) is 12.8 Å². The molecule has 2 heterocycles. The van der Waals surface area contributed by atoms with Crippen molar-refractivity contribution >= 4 is 13.6 Å². The molecule has 0 aliphatic carbocycles. The van der Waals surface area contributed by atoms with Gasteiger partial charge in [0, 0.05) is 12.8 Å². The molecule has 13 heteroatoms. The lowest BCUT2D eigenvalue weighted by atomic mass is 9.88. The number of hydrogen-bond donors (Lipinski definition) is 3. The normalized spacial score (nSPS) is 23.0. The summed E-state index contributed by atoms with van der Waals surface area (Å²) >= 11 is 0. The second-order valence-electron chi connectivity index (χ2n) is 9.80. The Kier molecular flexibility index (Phi) is 13.5. The number of rotatable bonds is 19. The van der Waals surface area contributed by atoms with Crippen LogP contribution >= 0.6 is 7.82 Å². The summed E-state index contributed by atoms with van der Waals surface area (Å²) < 4.78 is 42.5. The van der Waals surface area contributed by atoms with Gasteiger partial charge in [-0.3, -0.25) is 28.2 Å². The summed E-state index contributed by atoms with van der Waals surface area (Å²) in [5, 5.41) is 11.1. The Morgan fingerprint density at radius 3 is 2.32 bits per heavy atom. The third-order valence-corrected chi connectivity index (χ3v) is 7.66. The number of carbonyl (C=O) groups is 1. The molecule has 1 saturated heterocycles. The van der Waals surface area contributed by atoms with E-state index in [1.54, 1.807) is 11.9 Å². The fourth-order valence-electron chi connectivity index (χ4n) is 4.47. The summed E-state index contributed by atoms with van der Waals surface area (Å²) in [7, 11) is -4.52. The van der Waals surface area contributed by atoms with Crippen molar-refractivity contribution < 1.29 is 37.5 Å². The number of Topliss-reactive ketones (excluding diaryl/α,β-unsaturated/α-hetero) is 1. The predicted molar refractivity (Wildman–Crippen MR) is 138 cm³/mol. The number of aromatic nitrogens is 2. The number of nitrogens with zero attached hydrogens (tertiary/aromatic N) is 1. The van der Waals surface area contributed by atoms with Crippen LogP contribution in [0.5, 0.6) is 0 Å². The van der Waals surface area contributed by atoms with Crippen molar-refractivity contribution in [3.8, 4) is 0 Å². The molecule has 0 radical (unpaired) electrons. The maximum Gasteiger partial charge on any atom is 0.472 e. The number of aliphatic hydroxyl groups is 1. The summed E-state index contributed by atoms with van der Waals surface area (Å²) in [5.41, 5.74) is -4.38. The molecule has 1 fully saturated rings. The number of hydrogen-bond acceptors (Lipinski definition) is 8. The molecule has 0 spiro atoms. The van der Waals surface area contributed by atoms with Crippen LogP contribution in [0.2, 0.25) is 0 Å². The van der Waals surface area contributed by atoms with E-state index in [1.165, 1.54) is 38.5 Å². The SMILES string of the molecule is CCCCCCCCCCCCOP(=O)(O)OC[C@H]1O[C@@H](n2cc(F)c(=O)[nH]c2=O)C[C@@]1(O)C(=O)CCC. The smallest absolute Gasteiger partial charge is 0.379 e. The van der Waals surface area contributed by atoms with Gasteiger partial charge in [0.15, 0.2) is 11.4 Å². The highest BCUT2D eigenvalue weighted by Crippen LogP contribution is 2.46. The molecular formula is C25H42FN2O9P. The van der Waals surface area contributed by atoms with Crippen molar-refractivity contribution in [1.82, 2.24) is 9.55 Å². The largest absolute Gasteiger partial charge is 0.472 e. The van der Waals surface area contributed by atoms with Gasteiger partial charge in [0.25, 0.3) is 5.56 Å². The zero-order valence-corrected chi connectivity index (χ0v) is 23.3. The molecule has 0 saturated carbocycles. The second-order valence-corrected chi connectivity index (χ2v) is 11.3. The Morgan fingerprint density at radius 2 is 1.71 bits per heavy atom. The molecule has 1 unspecified atom stereocenters. The number of unbranched alkanes of at least 4 members (excludes halogenated alkanes) is 9. The number of nitrogens with one attached hydrogen (secondary N) is 1. The first-order chi connectivity index (χ1) is 18.0. The van der Waals surface area contributed by atoms with Gasteiger partial charge in [-0.25, -0.2) is 9.36 Å². The molecule has 1 aliphatic rings. The van der Waals surface area contributed by atoms with Gasteiger partial charge in [-0.15, -0.1) is 0 Å². The maximum absolute atomic E-state index is 13.8. The van der Waals surface area contributed by atoms with E-state index in [2.05, 4.69) is 6.92 Å². The summed E-state index contributed by atoms with van der Waals surface area (Å²) in [5.74, 6) is -1.87. The number of halogens is 1. The Balaban J connectivity index is 1.87. The van der Waals surface area contributed by atoms with Gasteiger partial charge in [-0.2, -0.15) is 4.39 Å². The number of ketones is 1. The number of phosphoric ester groups is 1. The van der Waals surface area contributed by atoms with E-state index in [0.717, 1.165) is 19.3 Å². The monoisotopic (exact) mass is 564 g/mol. The minimum atomic E-state index is -4.52. The Hall–Kier alpha value is -1.69. The number of carbonyl (C=O) groups excluding carboxylic acids is 1. The molecule has 4 atom stereocenters. The van der Waals surface area contributed by atoms with Crippen molar-refractivity contribution in [3.63, 3.8) is 0 Å². The zero-order chi connectivity index (χ0) is 28.2. The van der Waals surface area contributed by atoms with Crippen molar-refractivity contribution in [2.45, 2.75) is 115 Å². The standard InChI is InChI=1S/C25H42FN2O9P/c1-3-5-6-7-8-9-10-11-12-13-15-35-38(33,34)36-18-21-25(32,20(29)14-4-2)16-22(37-21)28-17-19(26)23(30)27-24(28)31/h17,21-22,32H,3-16,18H2,1-2H3,(H,33,34)(H,27,30,31)/t21-,22-,25-/m1/s1. The fraction of sp³-hybridized carbons (Fsp3) is 0.800. The van der Waals surface area contributed by atoms with Crippen LogP contribution in [0.4, 0.5) is 4.39 Å².